The molecular formula is C32H37Cl2N3O4S. The van der Waals surface area contributed by atoms with Crippen molar-refractivity contribution in [3.05, 3.63) is 93.5 Å². The van der Waals surface area contributed by atoms with Gasteiger partial charge in [0.1, 0.15) is 12.6 Å². The topological polar surface area (TPSA) is 86.8 Å². The van der Waals surface area contributed by atoms with Crippen LogP contribution in [0, 0.1) is 13.8 Å². The van der Waals surface area contributed by atoms with Gasteiger partial charge in [0.15, 0.2) is 0 Å². The molecule has 42 heavy (non-hydrogen) atoms. The van der Waals surface area contributed by atoms with Gasteiger partial charge in [-0.3, -0.25) is 13.9 Å². The number of carbonyl (C=O) groups is 2. The number of sulfonamides is 1. The van der Waals surface area contributed by atoms with Gasteiger partial charge < -0.3 is 10.2 Å². The minimum Gasteiger partial charge on any atom is -0.352 e. The molecule has 0 aliphatic heterocycles. The van der Waals surface area contributed by atoms with Crippen molar-refractivity contribution in [3.63, 3.8) is 0 Å². The number of hydrogen-bond donors (Lipinski definition) is 1. The molecule has 0 aromatic heterocycles. The number of amides is 2. The summed E-state index contributed by atoms with van der Waals surface area (Å²) in [7, 11) is -4.13. The van der Waals surface area contributed by atoms with Crippen LogP contribution in [0.15, 0.2) is 71.6 Å². The molecule has 1 fully saturated rings. The quantitative estimate of drug-likeness (QED) is 0.271. The van der Waals surface area contributed by atoms with E-state index in [1.54, 1.807) is 55.5 Å². The summed E-state index contributed by atoms with van der Waals surface area (Å²) in [6.45, 7) is 4.88. The number of rotatable bonds is 10. The van der Waals surface area contributed by atoms with Gasteiger partial charge in [-0.2, -0.15) is 0 Å². The molecule has 0 heterocycles. The lowest BCUT2D eigenvalue weighted by atomic mass is 9.95. The first-order valence-electron chi connectivity index (χ1n) is 14.2. The summed E-state index contributed by atoms with van der Waals surface area (Å²) in [5.74, 6) is -0.826. The fraction of sp³-hybridized carbons (Fsp3) is 0.375. The molecule has 1 aliphatic carbocycles. The molecule has 7 nitrogen and oxygen atoms in total. The number of aryl methyl sites for hydroxylation is 2. The molecule has 1 N–H and O–H groups in total. The summed E-state index contributed by atoms with van der Waals surface area (Å²) in [6.07, 6.45) is 5.03. The Balaban J connectivity index is 1.69. The lowest BCUT2D eigenvalue weighted by molar-refractivity contribution is -0.139. The van der Waals surface area contributed by atoms with Crippen LogP contribution in [-0.4, -0.2) is 43.8 Å². The van der Waals surface area contributed by atoms with E-state index < -0.39 is 28.5 Å². The van der Waals surface area contributed by atoms with E-state index in [0.29, 0.717) is 21.3 Å². The van der Waals surface area contributed by atoms with Crippen molar-refractivity contribution in [3.8, 4) is 0 Å². The van der Waals surface area contributed by atoms with Crippen molar-refractivity contribution in [1.82, 2.24) is 10.2 Å². The molecular weight excluding hydrogens is 593 g/mol. The van der Waals surface area contributed by atoms with Crippen LogP contribution in [0.3, 0.4) is 0 Å². The van der Waals surface area contributed by atoms with E-state index in [2.05, 4.69) is 5.32 Å². The highest BCUT2D eigenvalue weighted by molar-refractivity contribution is 7.92. The first-order valence-corrected chi connectivity index (χ1v) is 16.3. The molecule has 1 unspecified atom stereocenters. The third-order valence-corrected chi connectivity index (χ3v) is 10.0. The van der Waals surface area contributed by atoms with E-state index >= 15 is 0 Å². The van der Waals surface area contributed by atoms with Gasteiger partial charge in [-0.25, -0.2) is 8.42 Å². The molecule has 1 atom stereocenters. The molecule has 0 bridgehead atoms. The second-order valence-electron chi connectivity index (χ2n) is 10.9. The molecule has 2 amide bonds. The van der Waals surface area contributed by atoms with E-state index in [1.807, 2.05) is 19.9 Å². The van der Waals surface area contributed by atoms with Gasteiger partial charge >= 0.3 is 0 Å². The van der Waals surface area contributed by atoms with Crippen molar-refractivity contribution in [1.29, 1.82) is 0 Å². The van der Waals surface area contributed by atoms with Crippen LogP contribution in [0.1, 0.15) is 55.7 Å². The van der Waals surface area contributed by atoms with E-state index in [1.165, 1.54) is 17.0 Å². The zero-order chi connectivity index (χ0) is 30.4. The predicted molar refractivity (Wildman–Crippen MR) is 168 cm³/mol. The van der Waals surface area contributed by atoms with Crippen molar-refractivity contribution in [2.24, 2.45) is 0 Å². The zero-order valence-corrected chi connectivity index (χ0v) is 26.5. The Bertz CT molecular complexity index is 1520. The molecule has 3 aromatic carbocycles. The summed E-state index contributed by atoms with van der Waals surface area (Å²) in [5, 5.41) is 3.89. The third-order valence-electron chi connectivity index (χ3n) is 7.65. The highest BCUT2D eigenvalue weighted by Crippen LogP contribution is 2.27. The summed E-state index contributed by atoms with van der Waals surface area (Å²) >= 11 is 12.6. The highest BCUT2D eigenvalue weighted by Gasteiger charge is 2.33. The molecule has 0 radical (unpaired) electrons. The smallest absolute Gasteiger partial charge is 0.264 e. The Kier molecular flexibility index (Phi) is 10.6. The standard InChI is InChI=1S/C32H37Cl2N3O4S/c1-22-12-16-29(17-13-22)42(40,41)37(28-11-7-8-23(2)18-28)21-31(38)36(20-25-14-15-26(33)19-30(25)34)24(3)32(39)35-27-9-5-4-6-10-27/h7-8,11-19,24,27H,4-6,9-10,20-21H2,1-3H3,(H,35,39). The molecule has 10 heteroatoms. The van der Waals surface area contributed by atoms with Crippen LogP contribution < -0.4 is 9.62 Å². The summed E-state index contributed by atoms with van der Waals surface area (Å²) in [5.41, 5.74) is 2.70. The maximum absolute atomic E-state index is 14.1. The lowest BCUT2D eigenvalue weighted by Crippen LogP contribution is -2.53. The van der Waals surface area contributed by atoms with Gasteiger partial charge in [0.2, 0.25) is 11.8 Å². The van der Waals surface area contributed by atoms with E-state index in [4.69, 9.17) is 23.2 Å². The average molecular weight is 631 g/mol. The number of carbonyl (C=O) groups excluding carboxylic acids is 2. The van der Waals surface area contributed by atoms with Gasteiger partial charge in [0, 0.05) is 22.6 Å². The number of hydrogen-bond acceptors (Lipinski definition) is 4. The molecule has 0 spiro atoms. The van der Waals surface area contributed by atoms with Crippen molar-refractivity contribution in [2.75, 3.05) is 10.8 Å². The monoisotopic (exact) mass is 629 g/mol. The Morgan fingerprint density at radius 3 is 2.26 bits per heavy atom. The second kappa shape index (κ2) is 13.9. The van der Waals surface area contributed by atoms with E-state index in [0.717, 1.165) is 47.5 Å². The Labute approximate surface area is 258 Å². The zero-order valence-electron chi connectivity index (χ0n) is 24.1. The predicted octanol–water partition coefficient (Wildman–Crippen LogP) is 6.67. The van der Waals surface area contributed by atoms with E-state index in [-0.39, 0.29) is 23.4 Å². The maximum Gasteiger partial charge on any atom is 0.264 e. The van der Waals surface area contributed by atoms with Crippen LogP contribution in [0.25, 0.3) is 0 Å². The van der Waals surface area contributed by atoms with Crippen LogP contribution in [0.5, 0.6) is 0 Å². The van der Waals surface area contributed by atoms with E-state index in [9.17, 15) is 18.0 Å². The van der Waals surface area contributed by atoms with Crippen LogP contribution >= 0.6 is 23.2 Å². The van der Waals surface area contributed by atoms with Crippen LogP contribution in [0.2, 0.25) is 10.0 Å². The van der Waals surface area contributed by atoms with Crippen LogP contribution in [-0.2, 0) is 26.2 Å². The van der Waals surface area contributed by atoms with Gasteiger partial charge in [0.25, 0.3) is 10.0 Å². The number of anilines is 1. The minimum absolute atomic E-state index is 0.000323. The average Bonchev–Trinajstić information content (AvgIpc) is 2.95. The van der Waals surface area contributed by atoms with Crippen molar-refractivity contribution in [2.45, 2.75) is 76.4 Å². The summed E-state index contributed by atoms with van der Waals surface area (Å²) in [4.78, 5) is 29.0. The number of benzene rings is 3. The normalized spacial score (nSPS) is 14.7. The molecule has 4 rings (SSSR count). The SMILES string of the molecule is Cc1ccc(S(=O)(=O)N(CC(=O)N(Cc2ccc(Cl)cc2Cl)C(C)C(=O)NC2CCCCC2)c2cccc(C)c2)cc1. The van der Waals surface area contributed by atoms with Crippen LogP contribution in [0.4, 0.5) is 5.69 Å². The highest BCUT2D eigenvalue weighted by atomic mass is 35.5. The van der Waals surface area contributed by atoms with Crippen molar-refractivity contribution >= 4 is 50.7 Å². The summed E-state index contributed by atoms with van der Waals surface area (Å²) < 4.78 is 29.0. The number of nitrogens with one attached hydrogen (secondary N) is 1. The maximum atomic E-state index is 14.1. The van der Waals surface area contributed by atoms with Crippen molar-refractivity contribution < 1.29 is 18.0 Å². The molecule has 0 saturated heterocycles. The fourth-order valence-corrected chi connectivity index (χ4v) is 7.01. The van der Waals surface area contributed by atoms with Gasteiger partial charge in [0.05, 0.1) is 10.6 Å². The third kappa shape index (κ3) is 7.85. The van der Waals surface area contributed by atoms with Gasteiger partial charge in [-0.05, 0) is 81.1 Å². The first-order chi connectivity index (χ1) is 20.0. The minimum atomic E-state index is -4.13. The van der Waals surface area contributed by atoms with Gasteiger partial charge in [-0.1, -0.05) is 78.4 Å². The Hall–Kier alpha value is -3.07. The Morgan fingerprint density at radius 2 is 1.62 bits per heavy atom. The Morgan fingerprint density at radius 1 is 0.929 bits per heavy atom. The molecule has 1 aliphatic rings. The second-order valence-corrected chi connectivity index (χ2v) is 13.6. The fourth-order valence-electron chi connectivity index (χ4n) is 5.13. The molecule has 224 valence electrons. The van der Waals surface area contributed by atoms with Gasteiger partial charge in [-0.15, -0.1) is 0 Å². The molecule has 1 saturated carbocycles. The largest absolute Gasteiger partial charge is 0.352 e. The summed E-state index contributed by atoms with van der Waals surface area (Å²) in [6, 6.07) is 17.6. The number of halogens is 2. The number of nitrogens with zero attached hydrogens (tertiary/aromatic N) is 2. The molecule has 3 aromatic rings. The lowest BCUT2D eigenvalue weighted by Gasteiger charge is -2.33. The first kappa shape index (κ1) is 31.9.